The Morgan fingerprint density at radius 3 is 2.71 bits per heavy atom. The minimum Gasteiger partial charge on any atom is -0.484 e. The highest BCUT2D eigenvalue weighted by Crippen LogP contribution is 2.25. The molecule has 2 aromatic carbocycles. The number of hydrogen-bond donors (Lipinski definition) is 1. The molecule has 1 atom stereocenters. The molecule has 31 heavy (non-hydrogen) atoms. The van der Waals surface area contributed by atoms with Crippen LogP contribution >= 0.6 is 0 Å². The number of rotatable bonds is 6. The molecule has 2 amide bonds. The fourth-order valence-corrected chi connectivity index (χ4v) is 4.06. The molecule has 1 fully saturated rings. The molecule has 0 unspecified atom stereocenters. The summed E-state index contributed by atoms with van der Waals surface area (Å²) < 4.78 is 11.2. The van der Waals surface area contributed by atoms with E-state index in [2.05, 4.69) is 0 Å². The normalized spacial score (nSPS) is 15.9. The summed E-state index contributed by atoms with van der Waals surface area (Å²) in [4.78, 5) is 38.0. The first-order chi connectivity index (χ1) is 14.9. The van der Waals surface area contributed by atoms with Gasteiger partial charge in [-0.1, -0.05) is 30.3 Å². The lowest BCUT2D eigenvalue weighted by molar-refractivity contribution is -0.138. The number of aryl methyl sites for hydroxylation is 1. The van der Waals surface area contributed by atoms with Gasteiger partial charge in [0.25, 0.3) is 5.91 Å². The molecule has 1 aliphatic heterocycles. The number of nitrogens with zero attached hydrogens (tertiary/aromatic N) is 1. The Bertz CT molecular complexity index is 1190. The molecule has 0 saturated carbocycles. The third-order valence-corrected chi connectivity index (χ3v) is 5.75. The summed E-state index contributed by atoms with van der Waals surface area (Å²) >= 11 is 0. The molecule has 2 heterocycles. The Morgan fingerprint density at radius 2 is 1.97 bits per heavy atom. The van der Waals surface area contributed by atoms with Crippen molar-refractivity contribution in [3.63, 3.8) is 0 Å². The zero-order chi connectivity index (χ0) is 22.0. The Kier molecular flexibility index (Phi) is 5.75. The van der Waals surface area contributed by atoms with Crippen LogP contribution in [0, 0.1) is 6.92 Å². The smallest absolute Gasteiger partial charge is 0.340 e. The minimum atomic E-state index is -0.573. The van der Waals surface area contributed by atoms with Crippen molar-refractivity contribution in [2.45, 2.75) is 32.2 Å². The van der Waals surface area contributed by atoms with Crippen LogP contribution < -0.4 is 16.1 Å². The van der Waals surface area contributed by atoms with E-state index in [1.54, 1.807) is 12.1 Å². The van der Waals surface area contributed by atoms with E-state index in [4.69, 9.17) is 14.9 Å². The first-order valence-corrected chi connectivity index (χ1v) is 10.3. The van der Waals surface area contributed by atoms with Gasteiger partial charge in [-0.3, -0.25) is 9.59 Å². The number of primary amides is 1. The van der Waals surface area contributed by atoms with Crippen LogP contribution in [0.3, 0.4) is 0 Å². The Balaban J connectivity index is 1.52. The lowest BCUT2D eigenvalue weighted by atomic mass is 10.00. The molecule has 0 radical (unpaired) electrons. The summed E-state index contributed by atoms with van der Waals surface area (Å²) in [7, 11) is 0. The van der Waals surface area contributed by atoms with Crippen molar-refractivity contribution in [1.29, 1.82) is 0 Å². The number of amides is 2. The van der Waals surface area contributed by atoms with Crippen LogP contribution in [0.25, 0.3) is 11.0 Å². The van der Waals surface area contributed by atoms with E-state index in [0.717, 1.165) is 22.9 Å². The summed E-state index contributed by atoms with van der Waals surface area (Å²) in [6.07, 6.45) is 1.81. The van der Waals surface area contributed by atoms with Crippen molar-refractivity contribution in [3.05, 3.63) is 75.6 Å². The first-order valence-electron chi connectivity index (χ1n) is 10.3. The topological polar surface area (TPSA) is 103 Å². The molecule has 2 N–H and O–H groups in total. The van der Waals surface area contributed by atoms with Gasteiger partial charge >= 0.3 is 5.63 Å². The van der Waals surface area contributed by atoms with Gasteiger partial charge in [0.2, 0.25) is 5.91 Å². The van der Waals surface area contributed by atoms with Crippen LogP contribution in [0.1, 0.15) is 29.5 Å². The maximum atomic E-state index is 12.6. The van der Waals surface area contributed by atoms with Crippen molar-refractivity contribution >= 4 is 22.8 Å². The average Bonchev–Trinajstić information content (AvgIpc) is 3.26. The second-order valence-electron chi connectivity index (χ2n) is 7.75. The Hall–Kier alpha value is -3.61. The van der Waals surface area contributed by atoms with E-state index in [1.807, 2.05) is 43.3 Å². The van der Waals surface area contributed by atoms with Crippen LogP contribution in [0.15, 0.2) is 57.7 Å². The number of carbonyl (C=O) groups excluding carboxylic acids is 2. The van der Waals surface area contributed by atoms with Gasteiger partial charge in [0.1, 0.15) is 17.4 Å². The van der Waals surface area contributed by atoms with Gasteiger partial charge in [0.05, 0.1) is 0 Å². The van der Waals surface area contributed by atoms with E-state index in [1.165, 1.54) is 4.90 Å². The molecule has 7 nitrogen and oxygen atoms in total. The number of nitrogens with two attached hydrogens (primary N) is 1. The van der Waals surface area contributed by atoms with Gasteiger partial charge < -0.3 is 19.8 Å². The maximum Gasteiger partial charge on any atom is 0.340 e. The summed E-state index contributed by atoms with van der Waals surface area (Å²) in [5, 5.41) is 0.817. The standard InChI is InChI=1S/C24H24N2O5/c1-15-18-10-9-17(30-14-22(27)26-11-5-8-20(26)23(25)28)13-21(18)31-24(29)19(15)12-16-6-3-2-4-7-16/h2-4,6-7,9-10,13,20H,5,8,11-12,14H2,1H3,(H2,25,28)/t20-/m0/s1. The zero-order valence-corrected chi connectivity index (χ0v) is 17.3. The van der Waals surface area contributed by atoms with Crippen LogP contribution in [0.4, 0.5) is 0 Å². The molecule has 7 heteroatoms. The summed E-state index contributed by atoms with van der Waals surface area (Å²) in [5.41, 5.74) is 7.90. The summed E-state index contributed by atoms with van der Waals surface area (Å²) in [6, 6.07) is 14.4. The Morgan fingerprint density at radius 1 is 1.19 bits per heavy atom. The van der Waals surface area contributed by atoms with Gasteiger partial charge in [0, 0.05) is 30.0 Å². The fourth-order valence-electron chi connectivity index (χ4n) is 4.06. The summed E-state index contributed by atoms with van der Waals surface area (Å²) in [5.74, 6) is -0.383. The molecular weight excluding hydrogens is 396 g/mol. The molecule has 1 aliphatic rings. The number of fused-ring (bicyclic) bond motifs is 1. The second kappa shape index (κ2) is 8.63. The quantitative estimate of drug-likeness (QED) is 0.618. The number of benzene rings is 2. The SMILES string of the molecule is Cc1c(Cc2ccccc2)c(=O)oc2cc(OCC(=O)N3CCC[C@H]3C(N)=O)ccc12. The third kappa shape index (κ3) is 4.30. The number of hydrogen-bond acceptors (Lipinski definition) is 5. The van der Waals surface area contributed by atoms with Crippen molar-refractivity contribution in [2.24, 2.45) is 5.73 Å². The molecule has 1 saturated heterocycles. The van der Waals surface area contributed by atoms with E-state index in [9.17, 15) is 14.4 Å². The molecular formula is C24H24N2O5. The maximum absolute atomic E-state index is 12.6. The molecule has 0 spiro atoms. The minimum absolute atomic E-state index is 0.218. The van der Waals surface area contributed by atoms with Crippen LogP contribution in [-0.2, 0) is 16.0 Å². The monoisotopic (exact) mass is 420 g/mol. The van der Waals surface area contributed by atoms with Gasteiger partial charge in [-0.05, 0) is 43.0 Å². The molecule has 1 aromatic heterocycles. The van der Waals surface area contributed by atoms with E-state index in [0.29, 0.717) is 36.3 Å². The second-order valence-corrected chi connectivity index (χ2v) is 7.75. The highest BCUT2D eigenvalue weighted by molar-refractivity contribution is 5.88. The summed E-state index contributed by atoms with van der Waals surface area (Å²) in [6.45, 7) is 2.18. The van der Waals surface area contributed by atoms with E-state index < -0.39 is 11.9 Å². The van der Waals surface area contributed by atoms with Crippen LogP contribution in [0.5, 0.6) is 5.75 Å². The third-order valence-electron chi connectivity index (χ3n) is 5.75. The van der Waals surface area contributed by atoms with E-state index in [-0.39, 0.29) is 18.1 Å². The molecule has 160 valence electrons. The van der Waals surface area contributed by atoms with E-state index >= 15 is 0 Å². The van der Waals surface area contributed by atoms with Crippen LogP contribution in [0.2, 0.25) is 0 Å². The number of ether oxygens (including phenoxy) is 1. The molecule has 4 rings (SSSR count). The van der Waals surface area contributed by atoms with Gasteiger partial charge in [-0.2, -0.15) is 0 Å². The molecule has 0 aliphatic carbocycles. The highest BCUT2D eigenvalue weighted by Gasteiger charge is 2.32. The van der Waals surface area contributed by atoms with Crippen LogP contribution in [-0.4, -0.2) is 35.9 Å². The van der Waals surface area contributed by atoms with Gasteiger partial charge in [-0.25, -0.2) is 4.79 Å². The Labute approximate surface area is 179 Å². The predicted octanol–water partition coefficient (Wildman–Crippen LogP) is 2.55. The number of likely N-dealkylation sites (tertiary alicyclic amines) is 1. The van der Waals surface area contributed by atoms with Crippen molar-refractivity contribution < 1.29 is 18.7 Å². The number of carbonyl (C=O) groups is 2. The zero-order valence-electron chi connectivity index (χ0n) is 17.3. The lowest BCUT2D eigenvalue weighted by Crippen LogP contribution is -2.45. The first kappa shape index (κ1) is 20.7. The average molecular weight is 420 g/mol. The van der Waals surface area contributed by atoms with Crippen molar-refractivity contribution in [1.82, 2.24) is 4.90 Å². The van der Waals surface area contributed by atoms with Gasteiger partial charge in [0.15, 0.2) is 6.61 Å². The highest BCUT2D eigenvalue weighted by atomic mass is 16.5. The van der Waals surface area contributed by atoms with Crippen molar-refractivity contribution in [2.75, 3.05) is 13.2 Å². The van der Waals surface area contributed by atoms with Gasteiger partial charge in [-0.15, -0.1) is 0 Å². The van der Waals surface area contributed by atoms with Crippen molar-refractivity contribution in [3.8, 4) is 5.75 Å². The molecule has 3 aromatic rings. The fraction of sp³-hybridized carbons (Fsp3) is 0.292. The largest absolute Gasteiger partial charge is 0.484 e. The predicted molar refractivity (Wildman–Crippen MR) is 116 cm³/mol. The lowest BCUT2D eigenvalue weighted by Gasteiger charge is -2.22. The molecule has 0 bridgehead atoms.